The van der Waals surface area contributed by atoms with Crippen molar-refractivity contribution >= 4 is 17.4 Å². The molecule has 0 radical (unpaired) electrons. The molecule has 4 saturated carbocycles. The molecule has 5 aliphatic rings. The number of benzene rings is 1. The molecule has 0 heterocycles. The first kappa shape index (κ1) is 31.8. The Morgan fingerprint density at radius 2 is 1.57 bits per heavy atom. The van der Waals surface area contributed by atoms with Gasteiger partial charge in [-0.25, -0.2) is 4.79 Å². The maximum atomic E-state index is 13.9. The fraction of sp³-hybridized carbons (Fsp3) is 0.737. The van der Waals surface area contributed by atoms with Gasteiger partial charge < -0.3 is 20.8 Å². The summed E-state index contributed by atoms with van der Waals surface area (Å²) in [6.45, 7) is 14.8. The maximum absolute atomic E-state index is 13.9. The van der Waals surface area contributed by atoms with E-state index >= 15 is 0 Å². The van der Waals surface area contributed by atoms with E-state index in [-0.39, 0.29) is 33.7 Å². The summed E-state index contributed by atoms with van der Waals surface area (Å²) >= 11 is 0. The largest absolute Gasteiger partial charge is 0.478 e. The molecule has 242 valence electrons. The van der Waals surface area contributed by atoms with Crippen LogP contribution in [-0.4, -0.2) is 48.3 Å². The number of carbonyl (C=O) groups excluding carboxylic acids is 1. The predicted octanol–water partition coefficient (Wildman–Crippen LogP) is 6.93. The first-order valence-corrected chi connectivity index (χ1v) is 17.5. The molecular weight excluding hydrogens is 548 g/mol. The lowest BCUT2D eigenvalue weighted by Gasteiger charge is -2.72. The zero-order chi connectivity index (χ0) is 31.5. The van der Waals surface area contributed by atoms with Crippen LogP contribution >= 0.6 is 0 Å². The Hall–Kier alpha value is -2.18. The molecule has 44 heavy (non-hydrogen) atoms. The van der Waals surface area contributed by atoms with Crippen molar-refractivity contribution in [3.05, 3.63) is 41.5 Å². The molecule has 5 aliphatic carbocycles. The smallest absolute Gasteiger partial charge is 0.335 e. The average Bonchev–Trinajstić information content (AvgIpc) is 3.43. The molecule has 8 atom stereocenters. The Balaban J connectivity index is 1.25. The van der Waals surface area contributed by atoms with Crippen LogP contribution in [0.15, 0.2) is 30.3 Å². The highest BCUT2D eigenvalue weighted by Gasteiger charge is 2.70. The second-order valence-corrected chi connectivity index (χ2v) is 16.5. The van der Waals surface area contributed by atoms with Crippen molar-refractivity contribution in [1.29, 1.82) is 0 Å². The number of fused-ring (bicyclic) bond motifs is 7. The molecule has 0 saturated heterocycles. The van der Waals surface area contributed by atoms with Gasteiger partial charge >= 0.3 is 5.97 Å². The number of nitrogens with one attached hydrogen (secondary N) is 2. The van der Waals surface area contributed by atoms with Crippen molar-refractivity contribution in [3.8, 4) is 0 Å². The van der Waals surface area contributed by atoms with E-state index in [1.54, 1.807) is 12.1 Å². The van der Waals surface area contributed by atoms with Gasteiger partial charge in [-0.1, -0.05) is 59.2 Å². The Morgan fingerprint density at radius 3 is 2.27 bits per heavy atom. The number of aliphatic hydroxyl groups excluding tert-OH is 1. The van der Waals surface area contributed by atoms with E-state index in [1.165, 1.54) is 49.7 Å². The fourth-order valence-electron chi connectivity index (χ4n) is 12.5. The van der Waals surface area contributed by atoms with Gasteiger partial charge in [0, 0.05) is 19.6 Å². The lowest BCUT2D eigenvalue weighted by atomic mass is 9.32. The summed E-state index contributed by atoms with van der Waals surface area (Å²) < 4.78 is 0. The van der Waals surface area contributed by atoms with Crippen LogP contribution in [0.5, 0.6) is 0 Å². The third-order valence-corrected chi connectivity index (χ3v) is 14.7. The van der Waals surface area contributed by atoms with Crippen molar-refractivity contribution in [3.63, 3.8) is 0 Å². The first-order chi connectivity index (χ1) is 20.8. The van der Waals surface area contributed by atoms with Gasteiger partial charge in [0.15, 0.2) is 0 Å². The Bertz CT molecular complexity index is 1300. The number of hydrogen-bond acceptors (Lipinski definition) is 4. The lowest BCUT2D eigenvalue weighted by Crippen LogP contribution is -2.66. The van der Waals surface area contributed by atoms with Gasteiger partial charge in [-0.2, -0.15) is 0 Å². The molecule has 0 spiro atoms. The first-order valence-electron chi connectivity index (χ1n) is 17.5. The third kappa shape index (κ3) is 4.55. The van der Waals surface area contributed by atoms with E-state index in [0.717, 1.165) is 25.7 Å². The number of carboxylic acid groups (broad SMARTS) is 1. The molecule has 6 rings (SSSR count). The van der Waals surface area contributed by atoms with Gasteiger partial charge in [0.05, 0.1) is 17.6 Å². The van der Waals surface area contributed by atoms with Gasteiger partial charge in [-0.15, -0.1) is 0 Å². The molecule has 1 aromatic rings. The van der Waals surface area contributed by atoms with E-state index in [9.17, 15) is 14.7 Å². The highest BCUT2D eigenvalue weighted by Crippen LogP contribution is 2.77. The zero-order valence-corrected chi connectivity index (χ0v) is 27.8. The summed E-state index contributed by atoms with van der Waals surface area (Å²) in [4.78, 5) is 25.3. The van der Waals surface area contributed by atoms with Crippen molar-refractivity contribution in [2.45, 2.75) is 98.8 Å². The van der Waals surface area contributed by atoms with E-state index < -0.39 is 5.97 Å². The van der Waals surface area contributed by atoms with Crippen LogP contribution < -0.4 is 10.6 Å². The third-order valence-electron chi connectivity index (χ3n) is 14.7. The summed E-state index contributed by atoms with van der Waals surface area (Å²) in [5, 5.41) is 25.0. The van der Waals surface area contributed by atoms with Gasteiger partial charge in [-0.05, 0) is 126 Å². The van der Waals surface area contributed by atoms with Crippen LogP contribution in [0.4, 0.5) is 0 Å². The number of aromatic carboxylic acids is 1. The molecule has 1 amide bonds. The fourth-order valence-corrected chi connectivity index (χ4v) is 12.5. The highest BCUT2D eigenvalue weighted by molar-refractivity contribution is 5.88. The number of amides is 1. The van der Waals surface area contributed by atoms with Crippen molar-refractivity contribution in [2.24, 2.45) is 50.7 Å². The van der Waals surface area contributed by atoms with Crippen LogP contribution in [0.2, 0.25) is 0 Å². The van der Waals surface area contributed by atoms with Crippen molar-refractivity contribution in [2.75, 3.05) is 26.2 Å². The van der Waals surface area contributed by atoms with Gasteiger partial charge in [0.1, 0.15) is 0 Å². The number of hydrogen-bond donors (Lipinski definition) is 4. The SMILES string of the molecule is CC1(C)C(c2ccc(C(=O)O)cc2)=CC[C@]2(C)[C@H]3CC[C@@H]4[C@H]5CCC[C@]5(C(=O)NCCNCCO)CC[C@@]4(C)[C@]3(C)CC[C@@H]12. The lowest BCUT2D eigenvalue weighted by molar-refractivity contribution is -0.222. The van der Waals surface area contributed by atoms with E-state index in [0.29, 0.717) is 54.8 Å². The quantitative estimate of drug-likeness (QED) is 0.241. The minimum Gasteiger partial charge on any atom is -0.478 e. The number of allylic oxidation sites excluding steroid dienone is 2. The monoisotopic (exact) mass is 604 g/mol. The van der Waals surface area contributed by atoms with Crippen molar-refractivity contribution < 1.29 is 19.8 Å². The summed E-state index contributed by atoms with van der Waals surface area (Å²) in [6.07, 6.45) is 14.1. The molecule has 1 aromatic carbocycles. The molecule has 0 bridgehead atoms. The normalized spacial score (nSPS) is 40.5. The zero-order valence-electron chi connectivity index (χ0n) is 27.8. The topological polar surface area (TPSA) is 98.7 Å². The van der Waals surface area contributed by atoms with Gasteiger partial charge in [0.25, 0.3) is 0 Å². The Labute approximate surface area is 264 Å². The van der Waals surface area contributed by atoms with Crippen LogP contribution in [0.25, 0.3) is 5.57 Å². The predicted molar refractivity (Wildman–Crippen MR) is 175 cm³/mol. The standard InChI is InChI=1S/C38H56N2O4/c1-34(2)27(25-8-10-26(11-9-25)32(42)43)14-17-35(3)30(34)15-18-37(5)31(35)13-12-28-29-7-6-16-38(29,20-19-36(28,37)4)33(44)40-22-21-39-23-24-41/h8-11,14,28-31,39,41H,6-7,12-13,15-24H2,1-5H3,(H,40,44)(H,42,43)/t28-,29-,30+,31-,35+,36-,37-,38+/m1/s1. The van der Waals surface area contributed by atoms with Crippen LogP contribution in [0.1, 0.15) is 115 Å². The highest BCUT2D eigenvalue weighted by atomic mass is 16.4. The summed E-state index contributed by atoms with van der Waals surface area (Å²) in [6, 6.07) is 7.53. The second-order valence-electron chi connectivity index (χ2n) is 16.5. The molecule has 0 aromatic heterocycles. The number of carbonyl (C=O) groups is 2. The second kappa shape index (κ2) is 11.3. The minimum absolute atomic E-state index is 0.00805. The number of aliphatic hydroxyl groups is 1. The van der Waals surface area contributed by atoms with Crippen molar-refractivity contribution in [1.82, 2.24) is 10.6 Å². The maximum Gasteiger partial charge on any atom is 0.335 e. The summed E-state index contributed by atoms with van der Waals surface area (Å²) in [5.74, 6) is 1.74. The van der Waals surface area contributed by atoms with Gasteiger partial charge in [0.2, 0.25) is 5.91 Å². The van der Waals surface area contributed by atoms with Crippen LogP contribution in [0, 0.1) is 50.7 Å². The van der Waals surface area contributed by atoms with E-state index in [2.05, 4.69) is 51.3 Å². The van der Waals surface area contributed by atoms with Crippen LogP contribution in [-0.2, 0) is 4.79 Å². The molecule has 4 N–H and O–H groups in total. The molecular formula is C38H56N2O4. The van der Waals surface area contributed by atoms with E-state index in [1.807, 2.05) is 12.1 Å². The summed E-state index contributed by atoms with van der Waals surface area (Å²) in [7, 11) is 0. The molecule has 0 aliphatic heterocycles. The number of carboxylic acids is 1. The molecule has 6 nitrogen and oxygen atoms in total. The number of rotatable bonds is 8. The Morgan fingerprint density at radius 1 is 0.818 bits per heavy atom. The average molecular weight is 605 g/mol. The van der Waals surface area contributed by atoms with Gasteiger partial charge in [-0.3, -0.25) is 4.79 Å². The molecule has 0 unspecified atom stereocenters. The van der Waals surface area contributed by atoms with E-state index in [4.69, 9.17) is 5.11 Å². The minimum atomic E-state index is -0.874. The molecule has 4 fully saturated rings. The van der Waals surface area contributed by atoms with Crippen LogP contribution in [0.3, 0.4) is 0 Å². The molecule has 6 heteroatoms. The summed E-state index contributed by atoms with van der Waals surface area (Å²) in [5.41, 5.74) is 3.41. The Kier molecular flexibility index (Phi) is 8.13.